The molecule has 0 saturated heterocycles. The first kappa shape index (κ1) is 17.8. The molecule has 1 aromatic carbocycles. The summed E-state index contributed by atoms with van der Waals surface area (Å²) >= 11 is 0. The number of carbonyl (C=O) groups is 1. The number of benzene rings is 1. The normalized spacial score (nSPS) is 38.0. The van der Waals surface area contributed by atoms with Crippen molar-refractivity contribution in [2.75, 3.05) is 13.6 Å². The average Bonchev–Trinajstić information content (AvgIpc) is 2.60. The molecule has 0 aromatic heterocycles. The maximum atomic E-state index is 13.4. The predicted molar refractivity (Wildman–Crippen MR) is 104 cm³/mol. The minimum Gasteiger partial charge on any atom is -0.390 e. The van der Waals surface area contributed by atoms with Gasteiger partial charge in [-0.3, -0.25) is 4.79 Å². The quantitative estimate of drug-likeness (QED) is 0.859. The summed E-state index contributed by atoms with van der Waals surface area (Å²) < 4.78 is 0. The molecule has 0 heterocycles. The Bertz CT molecular complexity index is 714. The van der Waals surface area contributed by atoms with Gasteiger partial charge in [0.1, 0.15) is 0 Å². The second kappa shape index (κ2) is 6.23. The van der Waals surface area contributed by atoms with Crippen molar-refractivity contribution in [3.8, 4) is 0 Å². The number of hydrogen-bond donors (Lipinski definition) is 1. The van der Waals surface area contributed by atoms with E-state index in [1.807, 2.05) is 30.1 Å². The van der Waals surface area contributed by atoms with E-state index >= 15 is 0 Å². The molecule has 0 unspecified atom stereocenters. The van der Waals surface area contributed by atoms with Gasteiger partial charge in [-0.1, -0.05) is 55.8 Å². The molecule has 5 rings (SSSR count). The Labute approximate surface area is 157 Å². The monoisotopic (exact) mass is 353 g/mol. The van der Waals surface area contributed by atoms with Crippen LogP contribution in [-0.2, 0) is 4.79 Å². The highest BCUT2D eigenvalue weighted by Crippen LogP contribution is 2.67. The Morgan fingerprint density at radius 2 is 1.96 bits per heavy atom. The van der Waals surface area contributed by atoms with E-state index in [0.29, 0.717) is 18.9 Å². The maximum Gasteiger partial charge on any atom is 0.228 e. The first-order chi connectivity index (χ1) is 12.4. The lowest BCUT2D eigenvalue weighted by molar-refractivity contribution is -0.208. The minimum absolute atomic E-state index is 0.185. The zero-order valence-electron chi connectivity index (χ0n) is 16.1. The highest BCUT2D eigenvalue weighted by Gasteiger charge is 2.65. The fraction of sp³-hybridized carbons (Fsp3) is 0.609. The molecule has 4 aliphatic rings. The van der Waals surface area contributed by atoms with Gasteiger partial charge in [0, 0.05) is 13.6 Å². The van der Waals surface area contributed by atoms with Crippen LogP contribution in [0.15, 0.2) is 36.4 Å². The Balaban J connectivity index is 1.49. The Morgan fingerprint density at radius 3 is 2.65 bits per heavy atom. The fourth-order valence-electron chi connectivity index (χ4n) is 6.62. The maximum absolute atomic E-state index is 13.4. The molecule has 0 spiro atoms. The van der Waals surface area contributed by atoms with Crippen LogP contribution in [0.3, 0.4) is 0 Å². The van der Waals surface area contributed by atoms with Crippen LogP contribution in [0.4, 0.5) is 0 Å². The third-order valence-corrected chi connectivity index (χ3v) is 7.19. The second-order valence-electron chi connectivity index (χ2n) is 9.37. The van der Waals surface area contributed by atoms with Crippen LogP contribution in [0.2, 0.25) is 0 Å². The van der Waals surface area contributed by atoms with Crippen molar-refractivity contribution in [3.63, 3.8) is 0 Å². The summed E-state index contributed by atoms with van der Waals surface area (Å²) in [6.07, 6.45) is 10.9. The van der Waals surface area contributed by atoms with Crippen LogP contribution in [0, 0.1) is 16.7 Å². The number of nitrogens with zero attached hydrogens (tertiary/aromatic N) is 1. The van der Waals surface area contributed by atoms with Gasteiger partial charge >= 0.3 is 0 Å². The fourth-order valence-corrected chi connectivity index (χ4v) is 6.62. The summed E-state index contributed by atoms with van der Waals surface area (Å²) in [7, 11) is 1.92. The molecule has 0 radical (unpaired) electrons. The molecule has 1 N–H and O–H groups in total. The van der Waals surface area contributed by atoms with Gasteiger partial charge in [0.2, 0.25) is 5.91 Å². The molecule has 4 fully saturated rings. The smallest absolute Gasteiger partial charge is 0.228 e. The van der Waals surface area contributed by atoms with Gasteiger partial charge in [-0.25, -0.2) is 0 Å². The molecule has 4 aliphatic carbocycles. The van der Waals surface area contributed by atoms with E-state index in [1.54, 1.807) is 0 Å². The summed E-state index contributed by atoms with van der Waals surface area (Å²) in [5, 5.41) is 11.1. The standard InChI is InChI=1S/C23H31NO2/c1-3-21-12-19-13-22(15-21,17-23(26,14-19)16-21)20(25)24(2)11-7-10-18-8-5-4-6-9-18/h4-10,19,26H,3,11-17H2,1-2H3/b10-7+/t19-,21+,22+,23+/m0/s1. The molecule has 3 heteroatoms. The van der Waals surface area contributed by atoms with Gasteiger partial charge < -0.3 is 10.0 Å². The van der Waals surface area contributed by atoms with Gasteiger partial charge in [0.15, 0.2) is 0 Å². The lowest BCUT2D eigenvalue weighted by Crippen LogP contribution is -2.63. The highest BCUT2D eigenvalue weighted by atomic mass is 16.3. The van der Waals surface area contributed by atoms with Crippen LogP contribution in [0.5, 0.6) is 0 Å². The predicted octanol–water partition coefficient (Wildman–Crippen LogP) is 4.27. The van der Waals surface area contributed by atoms with E-state index in [0.717, 1.165) is 37.7 Å². The molecule has 4 atom stereocenters. The number of rotatable bonds is 5. The molecule has 26 heavy (non-hydrogen) atoms. The van der Waals surface area contributed by atoms with Crippen LogP contribution >= 0.6 is 0 Å². The number of carbonyl (C=O) groups excluding carboxylic acids is 1. The van der Waals surface area contributed by atoms with Crippen LogP contribution < -0.4 is 0 Å². The SMILES string of the molecule is CC[C@]12C[C@@H]3C[C@@](O)(C1)C[C@@](C(=O)N(C)C/C=C/c1ccccc1)(C3)C2. The lowest BCUT2D eigenvalue weighted by atomic mass is 9.42. The Morgan fingerprint density at radius 1 is 1.19 bits per heavy atom. The highest BCUT2D eigenvalue weighted by molar-refractivity contribution is 5.83. The third-order valence-electron chi connectivity index (χ3n) is 7.19. The first-order valence-electron chi connectivity index (χ1n) is 10.1. The van der Waals surface area contributed by atoms with Crippen molar-refractivity contribution in [3.05, 3.63) is 42.0 Å². The van der Waals surface area contributed by atoms with Gasteiger partial charge in [-0.05, 0) is 55.4 Å². The molecule has 4 bridgehead atoms. The average molecular weight is 354 g/mol. The van der Waals surface area contributed by atoms with Gasteiger partial charge in [0.05, 0.1) is 11.0 Å². The van der Waals surface area contributed by atoms with Gasteiger partial charge in [0.25, 0.3) is 0 Å². The second-order valence-corrected chi connectivity index (χ2v) is 9.37. The van der Waals surface area contributed by atoms with E-state index in [-0.39, 0.29) is 16.7 Å². The summed E-state index contributed by atoms with van der Waals surface area (Å²) in [4.78, 5) is 15.3. The summed E-state index contributed by atoms with van der Waals surface area (Å²) in [6.45, 7) is 2.86. The molecular formula is C23H31NO2. The Hall–Kier alpha value is -1.61. The number of aliphatic hydroxyl groups is 1. The first-order valence-corrected chi connectivity index (χ1v) is 10.1. The van der Waals surface area contributed by atoms with E-state index in [1.165, 1.54) is 6.42 Å². The van der Waals surface area contributed by atoms with E-state index in [4.69, 9.17) is 0 Å². The van der Waals surface area contributed by atoms with Crippen molar-refractivity contribution >= 4 is 12.0 Å². The van der Waals surface area contributed by atoms with Crippen molar-refractivity contribution < 1.29 is 9.90 Å². The number of amides is 1. The van der Waals surface area contributed by atoms with Crippen LogP contribution in [-0.4, -0.2) is 35.1 Å². The minimum atomic E-state index is -0.605. The van der Waals surface area contributed by atoms with Crippen molar-refractivity contribution in [2.24, 2.45) is 16.7 Å². The van der Waals surface area contributed by atoms with Crippen molar-refractivity contribution in [2.45, 2.75) is 57.5 Å². The molecule has 0 aliphatic heterocycles. The Kier molecular flexibility index (Phi) is 4.26. The molecular weight excluding hydrogens is 322 g/mol. The van der Waals surface area contributed by atoms with Crippen molar-refractivity contribution in [1.82, 2.24) is 4.90 Å². The van der Waals surface area contributed by atoms with Crippen molar-refractivity contribution in [1.29, 1.82) is 0 Å². The largest absolute Gasteiger partial charge is 0.390 e. The van der Waals surface area contributed by atoms with E-state index in [9.17, 15) is 9.90 Å². The molecule has 1 aromatic rings. The summed E-state index contributed by atoms with van der Waals surface area (Å²) in [5.41, 5.74) is 0.401. The third kappa shape index (κ3) is 3.00. The zero-order valence-corrected chi connectivity index (χ0v) is 16.1. The lowest BCUT2D eigenvalue weighted by Gasteiger charge is -2.64. The van der Waals surface area contributed by atoms with Crippen LogP contribution in [0.25, 0.3) is 6.08 Å². The van der Waals surface area contributed by atoms with Crippen LogP contribution in [0.1, 0.15) is 57.4 Å². The zero-order chi connectivity index (χ0) is 18.4. The van der Waals surface area contributed by atoms with E-state index in [2.05, 4.69) is 31.2 Å². The topological polar surface area (TPSA) is 40.5 Å². The summed E-state index contributed by atoms with van der Waals surface area (Å²) in [5.74, 6) is 0.768. The van der Waals surface area contributed by atoms with Gasteiger partial charge in [-0.2, -0.15) is 0 Å². The number of hydrogen-bond acceptors (Lipinski definition) is 2. The van der Waals surface area contributed by atoms with E-state index < -0.39 is 5.60 Å². The molecule has 4 saturated carbocycles. The van der Waals surface area contributed by atoms with Gasteiger partial charge in [-0.15, -0.1) is 0 Å². The summed E-state index contributed by atoms with van der Waals surface area (Å²) in [6, 6.07) is 10.2. The molecule has 3 nitrogen and oxygen atoms in total. The molecule has 1 amide bonds. The molecule has 140 valence electrons. The number of likely N-dealkylation sites (N-methyl/N-ethyl adjacent to an activating group) is 1.